The van der Waals surface area contributed by atoms with Gasteiger partial charge in [-0.2, -0.15) is 0 Å². The standard InChI is InChI=1S/C38H34N2O4S2.16H2/c1-5-9-13-17-21-27(22-18-14-10-6-2)25-39-29-33(31(41)37(39)43)45-36-30-34(46-35(29)36)32(42)38(44)40(30)26-28(23-19-15-11-7-3)24-20-16-12-8-4;;;;;;;;;;;;;;;;/h1,3,27-28H,6,8,10,12,14,16,18,20,22,24-26H2,2,4H3;16*1H. The van der Waals surface area contributed by atoms with Gasteiger partial charge in [0.25, 0.3) is 22.0 Å². The van der Waals surface area contributed by atoms with Gasteiger partial charge in [-0.25, -0.2) is 0 Å². The summed E-state index contributed by atoms with van der Waals surface area (Å²) in [6, 6.07) is 0. The van der Waals surface area contributed by atoms with Crippen LogP contribution in [0.1, 0.15) is 101 Å². The summed E-state index contributed by atoms with van der Waals surface area (Å²) in [5.74, 6) is 26.2. The zero-order valence-electron chi connectivity index (χ0n) is 26.1. The molecule has 0 saturated carbocycles. The number of hydrogen-bond acceptors (Lipinski definition) is 6. The quantitative estimate of drug-likeness (QED) is 0.0756. The lowest BCUT2D eigenvalue weighted by atomic mass is 10.0. The molecule has 0 saturated heterocycles. The van der Waals surface area contributed by atoms with E-state index in [1.54, 1.807) is 0 Å². The SMILES string of the molecule is C#CC#CC#CC(CCCCCC)Cn1c(=O)c(=O)c2sc3c(sc4c(=O)c(=O)n(CC(C#CC#CC#C)CCCCCC)c43)c21.[HH].[HH].[HH].[HH].[HH].[HH].[HH].[HH].[HH].[HH].[HH].[HH].[HH].[HH].[HH].[HH]. The summed E-state index contributed by atoms with van der Waals surface area (Å²) in [5, 5.41) is 0. The minimum Gasteiger partial charge on any atom is -0.301 e. The van der Waals surface area contributed by atoms with Crippen molar-refractivity contribution in [1.29, 1.82) is 0 Å². The fourth-order valence-corrected chi connectivity index (χ4v) is 8.37. The Labute approximate surface area is 300 Å². The average Bonchev–Trinajstić information content (AvgIpc) is 3.72. The van der Waals surface area contributed by atoms with Crippen LogP contribution >= 0.6 is 22.7 Å². The van der Waals surface area contributed by atoms with E-state index in [0.717, 1.165) is 64.2 Å². The molecule has 6 nitrogen and oxygen atoms in total. The predicted octanol–water partition coefficient (Wildman–Crippen LogP) is 9.58. The lowest BCUT2D eigenvalue weighted by Gasteiger charge is -2.12. The molecule has 0 bridgehead atoms. The largest absolute Gasteiger partial charge is 0.301 e. The molecule has 4 rings (SSSR count). The van der Waals surface area contributed by atoms with Gasteiger partial charge in [-0.05, 0) is 60.2 Å². The third kappa shape index (κ3) is 7.56. The molecule has 0 aromatic carbocycles. The van der Waals surface area contributed by atoms with E-state index in [1.165, 1.54) is 31.8 Å². The molecule has 0 spiro atoms. The molecule has 0 aliphatic carbocycles. The van der Waals surface area contributed by atoms with Crippen molar-refractivity contribution >= 4 is 52.5 Å². The maximum Gasteiger partial charge on any atom is 0.300 e. The van der Waals surface area contributed by atoms with Crippen LogP contribution < -0.4 is 22.0 Å². The van der Waals surface area contributed by atoms with E-state index < -0.39 is 22.0 Å². The second-order valence-corrected chi connectivity index (χ2v) is 13.2. The van der Waals surface area contributed by atoms with Crippen molar-refractivity contribution in [2.24, 2.45) is 11.8 Å². The van der Waals surface area contributed by atoms with Crippen LogP contribution in [0.15, 0.2) is 19.2 Å². The van der Waals surface area contributed by atoms with E-state index in [9.17, 15) is 19.2 Å². The van der Waals surface area contributed by atoms with Gasteiger partial charge >= 0.3 is 0 Å². The highest BCUT2D eigenvalue weighted by molar-refractivity contribution is 7.36. The van der Waals surface area contributed by atoms with Crippen molar-refractivity contribution in [2.75, 3.05) is 0 Å². The van der Waals surface area contributed by atoms with Gasteiger partial charge in [-0.15, -0.1) is 35.5 Å². The lowest BCUT2D eigenvalue weighted by Crippen LogP contribution is -2.29. The second-order valence-electron chi connectivity index (χ2n) is 11.1. The van der Waals surface area contributed by atoms with Crippen LogP contribution in [0.25, 0.3) is 29.8 Å². The number of thiophene rings is 2. The Kier molecular flexibility index (Phi) is 12.3. The molecule has 0 fully saturated rings. The van der Waals surface area contributed by atoms with Gasteiger partial charge < -0.3 is 9.13 Å². The maximum atomic E-state index is 13.3. The van der Waals surface area contributed by atoms with E-state index in [-0.39, 0.29) is 47.8 Å². The first-order valence-corrected chi connectivity index (χ1v) is 17.2. The van der Waals surface area contributed by atoms with Crippen LogP contribution in [0.4, 0.5) is 0 Å². The molecule has 2 unspecified atom stereocenters. The van der Waals surface area contributed by atoms with Crippen LogP contribution in [0.3, 0.4) is 0 Å². The third-order valence-corrected chi connectivity index (χ3v) is 10.4. The van der Waals surface area contributed by atoms with Crippen LogP contribution in [0.2, 0.25) is 0 Å². The molecule has 2 atom stereocenters. The van der Waals surface area contributed by atoms with Crippen LogP contribution in [0, 0.1) is 83.9 Å². The number of rotatable bonds is 14. The van der Waals surface area contributed by atoms with Crippen molar-refractivity contribution in [3.05, 3.63) is 41.2 Å². The van der Waals surface area contributed by atoms with E-state index in [4.69, 9.17) is 12.8 Å². The fourth-order valence-electron chi connectivity index (χ4n) is 5.61. The maximum absolute atomic E-state index is 13.3. The summed E-state index contributed by atoms with van der Waals surface area (Å²) in [6.07, 6.45) is 20.2. The molecule has 4 aromatic rings. The zero-order valence-corrected chi connectivity index (χ0v) is 27.8. The molecule has 0 aliphatic rings. The number of hydrogen-bond donors (Lipinski definition) is 0. The molecule has 0 aliphatic heterocycles. The zero-order chi connectivity index (χ0) is 33.1. The van der Waals surface area contributed by atoms with Crippen molar-refractivity contribution in [2.45, 2.75) is 91.1 Å². The van der Waals surface area contributed by atoms with Crippen molar-refractivity contribution in [1.82, 2.24) is 9.13 Å². The van der Waals surface area contributed by atoms with Crippen molar-refractivity contribution < 1.29 is 22.8 Å². The molecule has 8 heteroatoms. The predicted molar refractivity (Wildman–Crippen MR) is 225 cm³/mol. The van der Waals surface area contributed by atoms with Crippen molar-refractivity contribution in [3.63, 3.8) is 0 Å². The highest BCUT2D eigenvalue weighted by atomic mass is 32.1. The Morgan fingerprint density at radius 3 is 1.37 bits per heavy atom. The van der Waals surface area contributed by atoms with Crippen LogP contribution in [0.5, 0.6) is 0 Å². The number of aromatic nitrogens is 2. The summed E-state index contributed by atoms with van der Waals surface area (Å²) in [4.78, 5) is 53.0. The summed E-state index contributed by atoms with van der Waals surface area (Å²) >= 11 is 2.33. The summed E-state index contributed by atoms with van der Waals surface area (Å²) < 4.78 is 4.96. The third-order valence-electron chi connectivity index (χ3n) is 7.87. The van der Waals surface area contributed by atoms with E-state index >= 15 is 0 Å². The first-order valence-electron chi connectivity index (χ1n) is 15.6. The fraction of sp³-hybridized carbons (Fsp3) is 0.421. The molecule has 46 heavy (non-hydrogen) atoms. The van der Waals surface area contributed by atoms with E-state index in [0.29, 0.717) is 29.8 Å². The van der Waals surface area contributed by atoms with Gasteiger partial charge in [0.1, 0.15) is 9.40 Å². The van der Waals surface area contributed by atoms with Gasteiger partial charge in [-0.3, -0.25) is 19.2 Å². The Bertz CT molecular complexity index is 2180. The monoisotopic (exact) mass is 678 g/mol. The van der Waals surface area contributed by atoms with Gasteiger partial charge in [0.2, 0.25) is 0 Å². The van der Waals surface area contributed by atoms with E-state index in [2.05, 4.69) is 73.1 Å². The summed E-state index contributed by atoms with van der Waals surface area (Å²) in [7, 11) is 0. The lowest BCUT2D eigenvalue weighted by molar-refractivity contribution is 0.480. The normalized spacial score (nSPS) is 11.7. The Hall–Kier alpha value is -4.70. The second kappa shape index (κ2) is 16.6. The first-order chi connectivity index (χ1) is 22.4. The Morgan fingerprint density at radius 1 is 0.587 bits per heavy atom. The minimum atomic E-state index is -0.610. The smallest absolute Gasteiger partial charge is 0.300 e. The molecule has 4 heterocycles. The molecule has 0 N–H and O–H groups in total. The van der Waals surface area contributed by atoms with Crippen molar-refractivity contribution in [3.8, 4) is 72.1 Å². The Balaban J connectivity index is -0.000000136. The highest BCUT2D eigenvalue weighted by Gasteiger charge is 2.27. The molecule has 264 valence electrons. The topological polar surface area (TPSA) is 78.1 Å². The molecule has 0 amide bonds. The van der Waals surface area contributed by atoms with E-state index in [1.807, 2.05) is 0 Å². The van der Waals surface area contributed by atoms with Crippen LogP contribution in [-0.2, 0) is 13.1 Å². The van der Waals surface area contributed by atoms with Gasteiger partial charge in [0, 0.05) is 47.8 Å². The summed E-state index contributed by atoms with van der Waals surface area (Å²) in [5.41, 5.74) is -1.38. The Morgan fingerprint density at radius 2 is 1.00 bits per heavy atom. The number of terminal acetylenes is 2. The molecular formula is C38H66N2O4S2. The molecular weight excluding hydrogens is 613 g/mol. The number of nitrogens with zero attached hydrogens (tertiary/aromatic N) is 2. The minimum absolute atomic E-state index is 0. The van der Waals surface area contributed by atoms with Gasteiger partial charge in [0.15, 0.2) is 0 Å². The number of fused-ring (bicyclic) bond motifs is 5. The van der Waals surface area contributed by atoms with Crippen LogP contribution in [-0.4, -0.2) is 9.13 Å². The molecule has 4 aromatic heterocycles. The highest BCUT2D eigenvalue weighted by Crippen LogP contribution is 2.42. The van der Waals surface area contributed by atoms with Gasteiger partial charge in [0.05, 0.1) is 20.4 Å². The number of unbranched alkanes of at least 4 members (excludes halogenated alkanes) is 6. The first kappa shape index (κ1) is 34.2. The molecule has 0 radical (unpaired) electrons. The summed E-state index contributed by atoms with van der Waals surface area (Å²) in [6.45, 7) is 4.71. The van der Waals surface area contributed by atoms with Gasteiger partial charge in [-0.1, -0.05) is 77.1 Å². The average molecular weight is 679 g/mol.